The molecule has 0 saturated carbocycles. The molecule has 1 aromatic rings. The zero-order valence-electron chi connectivity index (χ0n) is 12.8. The maximum atomic E-state index is 12.5. The highest BCUT2D eigenvalue weighted by molar-refractivity contribution is 6.31. The predicted molar refractivity (Wildman–Crippen MR) is 79.9 cm³/mol. The summed E-state index contributed by atoms with van der Waals surface area (Å²) in [6, 6.07) is -0.955. The summed E-state index contributed by atoms with van der Waals surface area (Å²) in [7, 11) is 0. The first-order valence-electron chi connectivity index (χ1n) is 7.23. The number of hydrogen-bond donors (Lipinski definition) is 1. The number of nitrogens with one attached hydrogen (secondary N) is 1. The van der Waals surface area contributed by atoms with Crippen LogP contribution in [-0.4, -0.2) is 38.6 Å². The van der Waals surface area contributed by atoms with Crippen LogP contribution in [0.3, 0.4) is 0 Å². The van der Waals surface area contributed by atoms with E-state index in [-0.39, 0.29) is 11.8 Å². The van der Waals surface area contributed by atoms with E-state index in [1.54, 1.807) is 16.5 Å². The third-order valence-corrected chi connectivity index (χ3v) is 4.42. The minimum Gasteiger partial charge on any atom is -0.343 e. The van der Waals surface area contributed by atoms with Crippen molar-refractivity contribution >= 4 is 23.4 Å². The number of carbonyl (C=O) groups is 2. The summed E-state index contributed by atoms with van der Waals surface area (Å²) < 4.78 is 1.78. The molecule has 0 aromatic carbocycles. The monoisotopic (exact) mass is 312 g/mol. The first-order valence-corrected chi connectivity index (χ1v) is 7.61. The lowest BCUT2D eigenvalue weighted by atomic mass is 10.1. The molecular weight excluding hydrogens is 292 g/mol. The molecule has 1 fully saturated rings. The number of halogens is 1. The van der Waals surface area contributed by atoms with Gasteiger partial charge in [-0.3, -0.25) is 14.3 Å². The normalized spacial score (nSPS) is 22.6. The van der Waals surface area contributed by atoms with Crippen molar-refractivity contribution in [2.75, 3.05) is 0 Å². The minimum absolute atomic E-state index is 0.0674. The Labute approximate surface area is 129 Å². The summed E-state index contributed by atoms with van der Waals surface area (Å²) in [5.74, 6) is -0.195. The molecule has 0 spiro atoms. The number of carbonyl (C=O) groups excluding carboxylic acids is 2. The van der Waals surface area contributed by atoms with Gasteiger partial charge in [0.25, 0.3) is 0 Å². The van der Waals surface area contributed by atoms with Crippen molar-refractivity contribution in [1.82, 2.24) is 20.0 Å². The average molecular weight is 313 g/mol. The quantitative estimate of drug-likeness (QED) is 0.916. The van der Waals surface area contributed by atoms with Crippen LogP contribution in [0.15, 0.2) is 0 Å². The molecule has 2 unspecified atom stereocenters. The van der Waals surface area contributed by atoms with Crippen molar-refractivity contribution in [1.29, 1.82) is 0 Å². The second kappa shape index (κ2) is 6.05. The fraction of sp³-hybridized carbons (Fsp3) is 0.643. The van der Waals surface area contributed by atoms with Gasteiger partial charge in [-0.15, -0.1) is 0 Å². The molecule has 2 amide bonds. The molecular formula is C14H21ClN4O2. The van der Waals surface area contributed by atoms with Gasteiger partial charge < -0.3 is 10.2 Å². The van der Waals surface area contributed by atoms with Crippen LogP contribution in [0.4, 0.5) is 0 Å². The highest BCUT2D eigenvalue weighted by atomic mass is 35.5. The Balaban J connectivity index is 2.32. The van der Waals surface area contributed by atoms with Crippen molar-refractivity contribution in [3.8, 4) is 0 Å². The second-order valence-corrected chi connectivity index (χ2v) is 5.65. The van der Waals surface area contributed by atoms with Gasteiger partial charge in [-0.2, -0.15) is 5.10 Å². The van der Waals surface area contributed by atoms with Crippen molar-refractivity contribution in [3.05, 3.63) is 16.4 Å². The highest BCUT2D eigenvalue weighted by Gasteiger charge is 2.37. The van der Waals surface area contributed by atoms with E-state index in [2.05, 4.69) is 10.4 Å². The van der Waals surface area contributed by atoms with E-state index in [4.69, 9.17) is 11.6 Å². The van der Waals surface area contributed by atoms with Gasteiger partial charge in [-0.1, -0.05) is 18.5 Å². The van der Waals surface area contributed by atoms with Crippen LogP contribution in [0.2, 0.25) is 5.02 Å². The number of hydrogen-bond acceptors (Lipinski definition) is 3. The lowest BCUT2D eigenvalue weighted by Crippen LogP contribution is -2.61. The zero-order valence-corrected chi connectivity index (χ0v) is 13.6. The van der Waals surface area contributed by atoms with Crippen LogP contribution in [0, 0.1) is 6.92 Å². The summed E-state index contributed by atoms with van der Waals surface area (Å²) in [4.78, 5) is 26.1. The van der Waals surface area contributed by atoms with Crippen LogP contribution in [0.25, 0.3) is 0 Å². The molecule has 2 heterocycles. The van der Waals surface area contributed by atoms with Gasteiger partial charge in [0, 0.05) is 6.54 Å². The number of aromatic nitrogens is 2. The molecule has 2 rings (SSSR count). The van der Waals surface area contributed by atoms with Gasteiger partial charge >= 0.3 is 0 Å². The number of nitrogens with zero attached hydrogens (tertiary/aromatic N) is 3. The number of amides is 2. The van der Waals surface area contributed by atoms with Crippen molar-refractivity contribution in [2.45, 2.75) is 59.3 Å². The van der Waals surface area contributed by atoms with E-state index in [1.807, 2.05) is 20.8 Å². The maximum absolute atomic E-state index is 12.5. The van der Waals surface area contributed by atoms with E-state index >= 15 is 0 Å². The summed E-state index contributed by atoms with van der Waals surface area (Å²) in [6.07, 6.45) is 0.577. The Kier molecular flexibility index (Phi) is 4.56. The fourth-order valence-corrected chi connectivity index (χ4v) is 2.75. The topological polar surface area (TPSA) is 67.2 Å². The van der Waals surface area contributed by atoms with E-state index in [9.17, 15) is 9.59 Å². The number of aryl methyl sites for hydroxylation is 2. The van der Waals surface area contributed by atoms with Crippen molar-refractivity contribution < 1.29 is 9.59 Å². The standard InChI is InChI=1S/C14H21ClN4O2/c1-5-10-14(21)18(9(4)13(20)16-10)7-11-12(15)8(3)17-19(11)6-2/h9-10H,5-7H2,1-4H3,(H,16,20). The Morgan fingerprint density at radius 1 is 1.33 bits per heavy atom. The van der Waals surface area contributed by atoms with E-state index in [0.717, 1.165) is 11.4 Å². The molecule has 1 N–H and O–H groups in total. The Bertz CT molecular complexity index is 570. The third-order valence-electron chi connectivity index (χ3n) is 3.93. The molecule has 0 bridgehead atoms. The largest absolute Gasteiger partial charge is 0.343 e. The van der Waals surface area contributed by atoms with Gasteiger partial charge in [-0.25, -0.2) is 0 Å². The van der Waals surface area contributed by atoms with E-state index < -0.39 is 12.1 Å². The first kappa shape index (κ1) is 15.8. The van der Waals surface area contributed by atoms with E-state index in [0.29, 0.717) is 24.5 Å². The summed E-state index contributed by atoms with van der Waals surface area (Å²) in [6.45, 7) is 8.38. The predicted octanol–water partition coefficient (Wildman–Crippen LogP) is 1.49. The smallest absolute Gasteiger partial charge is 0.246 e. The minimum atomic E-state index is -0.503. The van der Waals surface area contributed by atoms with Crippen LogP contribution in [0.1, 0.15) is 38.6 Å². The zero-order chi connectivity index (χ0) is 15.7. The molecule has 1 aliphatic heterocycles. The van der Waals surface area contributed by atoms with Crippen LogP contribution in [0.5, 0.6) is 0 Å². The summed E-state index contributed by atoms with van der Waals surface area (Å²) >= 11 is 6.29. The van der Waals surface area contributed by atoms with Gasteiger partial charge in [0.15, 0.2) is 0 Å². The Morgan fingerprint density at radius 3 is 2.57 bits per heavy atom. The molecule has 0 radical (unpaired) electrons. The molecule has 6 nitrogen and oxygen atoms in total. The lowest BCUT2D eigenvalue weighted by Gasteiger charge is -2.37. The van der Waals surface area contributed by atoms with Crippen LogP contribution in [-0.2, 0) is 22.7 Å². The third kappa shape index (κ3) is 2.77. The molecule has 7 heteroatoms. The average Bonchev–Trinajstić information content (AvgIpc) is 2.74. The Morgan fingerprint density at radius 2 is 2.00 bits per heavy atom. The van der Waals surface area contributed by atoms with Crippen molar-refractivity contribution in [3.63, 3.8) is 0 Å². The molecule has 0 aliphatic carbocycles. The summed E-state index contributed by atoms with van der Waals surface area (Å²) in [5.41, 5.74) is 1.52. The Hall–Kier alpha value is -1.56. The number of piperazine rings is 1. The van der Waals surface area contributed by atoms with Gasteiger partial charge in [0.1, 0.15) is 12.1 Å². The number of rotatable bonds is 4. The molecule has 116 valence electrons. The van der Waals surface area contributed by atoms with Crippen LogP contribution < -0.4 is 5.32 Å². The SMILES string of the molecule is CCC1NC(=O)C(C)N(Cc2c(Cl)c(C)nn2CC)C1=O. The highest BCUT2D eigenvalue weighted by Crippen LogP contribution is 2.24. The second-order valence-electron chi connectivity index (χ2n) is 5.27. The lowest BCUT2D eigenvalue weighted by molar-refractivity contribution is -0.149. The molecule has 2 atom stereocenters. The molecule has 1 aromatic heterocycles. The fourth-order valence-electron chi connectivity index (χ4n) is 2.56. The van der Waals surface area contributed by atoms with Crippen molar-refractivity contribution in [2.24, 2.45) is 0 Å². The van der Waals surface area contributed by atoms with E-state index in [1.165, 1.54) is 0 Å². The summed E-state index contributed by atoms with van der Waals surface area (Å²) in [5, 5.41) is 7.66. The molecule has 1 aliphatic rings. The first-order chi connectivity index (χ1) is 9.90. The van der Waals surface area contributed by atoms with Gasteiger partial charge in [0.2, 0.25) is 11.8 Å². The van der Waals surface area contributed by atoms with Gasteiger partial charge in [0.05, 0.1) is 23.0 Å². The van der Waals surface area contributed by atoms with Crippen LogP contribution >= 0.6 is 11.6 Å². The van der Waals surface area contributed by atoms with Gasteiger partial charge in [-0.05, 0) is 27.2 Å². The molecule has 1 saturated heterocycles. The molecule has 21 heavy (non-hydrogen) atoms. The maximum Gasteiger partial charge on any atom is 0.246 e.